The second-order valence-electron chi connectivity index (χ2n) is 7.11. The van der Waals surface area contributed by atoms with Crippen LogP contribution in [0.15, 0.2) is 18.2 Å². The molecule has 3 rings (SSSR count). The molecule has 9 heteroatoms. The van der Waals surface area contributed by atoms with Crippen molar-refractivity contribution in [1.29, 1.82) is 0 Å². The van der Waals surface area contributed by atoms with Crippen LogP contribution in [0.4, 0.5) is 10.1 Å². The highest BCUT2D eigenvalue weighted by Crippen LogP contribution is 2.21. The topological polar surface area (TPSA) is 108 Å². The smallest absolute Gasteiger partial charge is 0.254 e. The fourth-order valence-electron chi connectivity index (χ4n) is 3.50. The molecule has 28 heavy (non-hydrogen) atoms. The third-order valence-corrected chi connectivity index (χ3v) is 5.15. The zero-order valence-corrected chi connectivity index (χ0v) is 15.7. The molecule has 0 aromatic heterocycles. The summed E-state index contributed by atoms with van der Waals surface area (Å²) in [7, 11) is 0. The van der Waals surface area contributed by atoms with Crippen molar-refractivity contribution in [1.82, 2.24) is 15.5 Å². The molecule has 2 saturated heterocycles. The van der Waals surface area contributed by atoms with Gasteiger partial charge in [-0.2, -0.15) is 0 Å². The van der Waals surface area contributed by atoms with E-state index >= 15 is 0 Å². The van der Waals surface area contributed by atoms with Crippen LogP contribution in [0, 0.1) is 5.82 Å². The minimum Gasteiger partial charge on any atom is -0.369 e. The van der Waals surface area contributed by atoms with Crippen LogP contribution in [0.3, 0.4) is 0 Å². The van der Waals surface area contributed by atoms with E-state index in [1.807, 2.05) is 0 Å². The summed E-state index contributed by atoms with van der Waals surface area (Å²) in [5.74, 6) is -2.23. The lowest BCUT2D eigenvalue weighted by Crippen LogP contribution is -2.52. The minimum absolute atomic E-state index is 0.104. The number of nitrogens with two attached hydrogens (primary N) is 1. The van der Waals surface area contributed by atoms with Gasteiger partial charge in [-0.15, -0.1) is 0 Å². The van der Waals surface area contributed by atoms with Gasteiger partial charge in [0.15, 0.2) is 0 Å². The molecule has 1 atom stereocenters. The van der Waals surface area contributed by atoms with Crippen LogP contribution >= 0.6 is 0 Å². The maximum Gasteiger partial charge on any atom is 0.254 e. The number of nitrogens with zero attached hydrogens (tertiary/aromatic N) is 2. The Kier molecular flexibility index (Phi) is 6.58. The van der Waals surface area contributed by atoms with Crippen molar-refractivity contribution in [3.63, 3.8) is 0 Å². The number of carbonyl (C=O) groups excluding carboxylic acids is 3. The zero-order valence-electron chi connectivity index (χ0n) is 15.7. The number of rotatable bonds is 6. The summed E-state index contributed by atoms with van der Waals surface area (Å²) in [5.41, 5.74) is 6.22. The normalized spacial score (nSPS) is 20.8. The Hall–Kier alpha value is -2.52. The number of halogens is 1. The van der Waals surface area contributed by atoms with Gasteiger partial charge in [0.05, 0.1) is 5.56 Å². The summed E-state index contributed by atoms with van der Waals surface area (Å²) in [6.45, 7) is 4.97. The number of piperazine rings is 1. The molecular weight excluding hydrogens is 365 g/mol. The summed E-state index contributed by atoms with van der Waals surface area (Å²) in [6, 6.07) is 3.62. The lowest BCUT2D eigenvalue weighted by molar-refractivity contribution is -0.134. The second kappa shape index (κ2) is 9.11. The van der Waals surface area contributed by atoms with E-state index in [-0.39, 0.29) is 24.3 Å². The molecule has 0 radical (unpaired) electrons. The quantitative estimate of drug-likeness (QED) is 0.582. The van der Waals surface area contributed by atoms with Gasteiger partial charge >= 0.3 is 0 Å². The van der Waals surface area contributed by atoms with Crippen LogP contribution in [0.1, 0.15) is 29.6 Å². The van der Waals surface area contributed by atoms with Gasteiger partial charge in [0.2, 0.25) is 11.8 Å². The molecule has 0 aliphatic carbocycles. The number of imide groups is 1. The molecule has 3 amide bonds. The van der Waals surface area contributed by atoms with Gasteiger partial charge in [-0.3, -0.25) is 24.6 Å². The van der Waals surface area contributed by atoms with Crippen LogP contribution < -0.4 is 21.3 Å². The van der Waals surface area contributed by atoms with E-state index in [0.717, 1.165) is 44.8 Å². The third kappa shape index (κ3) is 4.85. The molecule has 8 nitrogen and oxygen atoms in total. The van der Waals surface area contributed by atoms with Gasteiger partial charge in [-0.05, 0) is 44.1 Å². The maximum atomic E-state index is 14.2. The average Bonchev–Trinajstić information content (AvgIpc) is 2.69. The fraction of sp³-hybridized carbons (Fsp3) is 0.526. The van der Waals surface area contributed by atoms with Crippen LogP contribution in [0.25, 0.3) is 0 Å². The van der Waals surface area contributed by atoms with Gasteiger partial charge in [-0.1, -0.05) is 0 Å². The van der Waals surface area contributed by atoms with E-state index in [0.29, 0.717) is 6.54 Å². The molecule has 1 aromatic rings. The van der Waals surface area contributed by atoms with Crippen molar-refractivity contribution in [3.05, 3.63) is 29.6 Å². The number of nitrogens with one attached hydrogen (secondary N) is 2. The number of hydrogen-bond acceptors (Lipinski definition) is 6. The highest BCUT2D eigenvalue weighted by atomic mass is 19.1. The van der Waals surface area contributed by atoms with E-state index < -0.39 is 23.7 Å². The molecular formula is C19H26FN5O3. The van der Waals surface area contributed by atoms with Crippen LogP contribution in [0.2, 0.25) is 0 Å². The first-order chi connectivity index (χ1) is 13.5. The minimum atomic E-state index is -0.834. The van der Waals surface area contributed by atoms with Crippen LogP contribution in [-0.2, 0) is 9.59 Å². The molecule has 4 N–H and O–H groups in total. The predicted octanol–water partition coefficient (Wildman–Crippen LogP) is -0.168. The van der Waals surface area contributed by atoms with Crippen molar-refractivity contribution >= 4 is 23.4 Å². The number of anilines is 1. The SMILES string of the molecule is NCCCN1CCN(c2ccc(F)c(C(=O)NC3CCC(=O)NC3=O)c2)CC1. The van der Waals surface area contributed by atoms with Crippen molar-refractivity contribution in [2.24, 2.45) is 5.73 Å². The standard InChI is InChI=1S/C19H26FN5O3/c20-15-3-2-13(25-10-8-24(9-11-25)7-1-6-21)12-14(15)18(27)22-16-4-5-17(26)23-19(16)28/h2-3,12,16H,1,4-11,21H2,(H,22,27)(H,23,26,28). The Morgan fingerprint density at radius 3 is 2.68 bits per heavy atom. The van der Waals surface area contributed by atoms with Gasteiger partial charge in [0.1, 0.15) is 11.9 Å². The number of hydrogen-bond donors (Lipinski definition) is 3. The Morgan fingerprint density at radius 2 is 2.00 bits per heavy atom. The molecule has 2 heterocycles. The molecule has 2 aliphatic heterocycles. The van der Waals surface area contributed by atoms with Gasteiger partial charge < -0.3 is 16.0 Å². The van der Waals surface area contributed by atoms with Gasteiger partial charge in [0.25, 0.3) is 5.91 Å². The number of amides is 3. The van der Waals surface area contributed by atoms with Crippen molar-refractivity contribution < 1.29 is 18.8 Å². The molecule has 1 unspecified atom stereocenters. The average molecular weight is 391 g/mol. The van der Waals surface area contributed by atoms with Crippen LogP contribution in [0.5, 0.6) is 0 Å². The lowest BCUT2D eigenvalue weighted by atomic mass is 10.0. The molecule has 2 fully saturated rings. The monoisotopic (exact) mass is 391 g/mol. The summed E-state index contributed by atoms with van der Waals surface area (Å²) < 4.78 is 14.2. The Morgan fingerprint density at radius 1 is 1.25 bits per heavy atom. The maximum absolute atomic E-state index is 14.2. The summed E-state index contributed by atoms with van der Waals surface area (Å²) >= 11 is 0. The van der Waals surface area contributed by atoms with E-state index in [1.54, 1.807) is 6.07 Å². The first kappa shape index (κ1) is 20.2. The van der Waals surface area contributed by atoms with E-state index in [1.165, 1.54) is 12.1 Å². The first-order valence-corrected chi connectivity index (χ1v) is 9.59. The summed E-state index contributed by atoms with van der Waals surface area (Å²) in [6.07, 6.45) is 1.32. The third-order valence-electron chi connectivity index (χ3n) is 5.15. The first-order valence-electron chi connectivity index (χ1n) is 9.59. The fourth-order valence-corrected chi connectivity index (χ4v) is 3.50. The number of benzene rings is 1. The highest BCUT2D eigenvalue weighted by Gasteiger charge is 2.29. The number of carbonyl (C=O) groups is 3. The molecule has 0 saturated carbocycles. The van der Waals surface area contributed by atoms with E-state index in [2.05, 4.69) is 20.4 Å². The Labute approximate surface area is 163 Å². The van der Waals surface area contributed by atoms with E-state index in [9.17, 15) is 18.8 Å². The number of piperidine rings is 1. The molecule has 1 aromatic carbocycles. The summed E-state index contributed by atoms with van der Waals surface area (Å²) in [4.78, 5) is 40.0. The van der Waals surface area contributed by atoms with Crippen molar-refractivity contribution in [2.75, 3.05) is 44.2 Å². The second-order valence-corrected chi connectivity index (χ2v) is 7.11. The molecule has 2 aliphatic rings. The van der Waals surface area contributed by atoms with Gasteiger partial charge in [-0.25, -0.2) is 4.39 Å². The van der Waals surface area contributed by atoms with Crippen molar-refractivity contribution in [2.45, 2.75) is 25.3 Å². The highest BCUT2D eigenvalue weighted by molar-refractivity contribution is 6.04. The molecule has 0 bridgehead atoms. The van der Waals surface area contributed by atoms with Crippen LogP contribution in [-0.4, -0.2) is 67.9 Å². The summed E-state index contributed by atoms with van der Waals surface area (Å²) in [5, 5.41) is 4.70. The Bertz CT molecular complexity index is 749. The van der Waals surface area contributed by atoms with Gasteiger partial charge in [0, 0.05) is 38.3 Å². The zero-order chi connectivity index (χ0) is 20.1. The molecule has 152 valence electrons. The van der Waals surface area contributed by atoms with Crippen molar-refractivity contribution in [3.8, 4) is 0 Å². The van der Waals surface area contributed by atoms with E-state index in [4.69, 9.17) is 5.73 Å². The lowest BCUT2D eigenvalue weighted by Gasteiger charge is -2.36. The molecule has 0 spiro atoms. The Balaban J connectivity index is 1.64. The predicted molar refractivity (Wildman–Crippen MR) is 102 cm³/mol. The largest absolute Gasteiger partial charge is 0.369 e.